The van der Waals surface area contributed by atoms with Crippen molar-refractivity contribution >= 4 is 41.7 Å². The van der Waals surface area contributed by atoms with E-state index in [1.165, 1.54) is 6.07 Å². The van der Waals surface area contributed by atoms with E-state index in [9.17, 15) is 9.59 Å². The van der Waals surface area contributed by atoms with E-state index in [0.29, 0.717) is 0 Å². The van der Waals surface area contributed by atoms with Gasteiger partial charge in [0.2, 0.25) is 0 Å². The number of anilines is 1. The molecule has 1 N–H and O–H groups in total. The molecule has 0 aromatic carbocycles. The Hall–Kier alpha value is -1.33. The van der Waals surface area contributed by atoms with Crippen LogP contribution in [0.25, 0.3) is 0 Å². The lowest BCUT2D eigenvalue weighted by Gasteiger charge is -2.03. The van der Waals surface area contributed by atoms with Crippen molar-refractivity contribution < 1.29 is 14.3 Å². The molecule has 1 amide bonds. The molecular formula is C9H10Cl2N2O3. The number of ether oxygens (including phenoxy) is 1. The molecule has 1 aromatic rings. The minimum absolute atomic E-state index is 0. The lowest BCUT2D eigenvalue weighted by atomic mass is 10.4. The third-order valence-corrected chi connectivity index (χ3v) is 1.63. The van der Waals surface area contributed by atoms with E-state index >= 15 is 0 Å². The molecular weight excluding hydrogens is 255 g/mol. The van der Waals surface area contributed by atoms with E-state index in [4.69, 9.17) is 11.6 Å². The number of aromatic nitrogens is 1. The van der Waals surface area contributed by atoms with Gasteiger partial charge in [0, 0.05) is 0 Å². The lowest BCUT2D eigenvalue weighted by Crippen LogP contribution is -2.25. The molecule has 0 aliphatic heterocycles. The van der Waals surface area contributed by atoms with Crippen molar-refractivity contribution in [3.8, 4) is 0 Å². The molecule has 1 rings (SSSR count). The van der Waals surface area contributed by atoms with E-state index in [-0.39, 0.29) is 30.0 Å². The predicted octanol–water partition coefficient (Wildman–Crippen LogP) is 1.66. The average molecular weight is 265 g/mol. The highest BCUT2D eigenvalue weighted by atomic mass is 35.5. The monoisotopic (exact) mass is 264 g/mol. The summed E-state index contributed by atoms with van der Waals surface area (Å²) in [5, 5.41) is 2.49. The van der Waals surface area contributed by atoms with Gasteiger partial charge in [-0.05, 0) is 19.1 Å². The predicted molar refractivity (Wildman–Crippen MR) is 61.8 cm³/mol. The molecule has 0 saturated carbocycles. The van der Waals surface area contributed by atoms with Gasteiger partial charge >= 0.3 is 11.9 Å². The fraction of sp³-hybridized carbons (Fsp3) is 0.222. The minimum atomic E-state index is -0.945. The molecule has 88 valence electrons. The number of hydrogen-bond acceptors (Lipinski definition) is 4. The Morgan fingerprint density at radius 2 is 2.19 bits per heavy atom. The third-order valence-electron chi connectivity index (χ3n) is 1.42. The average Bonchev–Trinajstić information content (AvgIpc) is 2.18. The van der Waals surface area contributed by atoms with Crippen molar-refractivity contribution in [1.29, 1.82) is 0 Å². The summed E-state index contributed by atoms with van der Waals surface area (Å²) in [4.78, 5) is 25.9. The van der Waals surface area contributed by atoms with E-state index in [1.807, 2.05) is 0 Å². The van der Waals surface area contributed by atoms with Gasteiger partial charge in [-0.1, -0.05) is 17.7 Å². The van der Waals surface area contributed by atoms with Gasteiger partial charge in [0.15, 0.2) is 0 Å². The normalized spacial score (nSPS) is 8.88. The topological polar surface area (TPSA) is 68.3 Å². The second-order valence-electron chi connectivity index (χ2n) is 2.52. The maximum Gasteiger partial charge on any atom is 0.397 e. The van der Waals surface area contributed by atoms with Crippen LogP contribution >= 0.6 is 24.0 Å². The van der Waals surface area contributed by atoms with Crippen molar-refractivity contribution in [2.75, 3.05) is 11.9 Å². The third kappa shape index (κ3) is 4.46. The first-order chi connectivity index (χ1) is 7.13. The van der Waals surface area contributed by atoms with Gasteiger partial charge in [0.1, 0.15) is 11.0 Å². The summed E-state index contributed by atoms with van der Waals surface area (Å²) in [7, 11) is 0. The van der Waals surface area contributed by atoms with Crippen LogP contribution in [0, 0.1) is 0 Å². The SMILES string of the molecule is CCOC(=O)C(=O)Nc1cccc(Cl)n1.Cl. The van der Waals surface area contributed by atoms with Crippen molar-refractivity contribution in [3.63, 3.8) is 0 Å². The van der Waals surface area contributed by atoms with Crippen LogP contribution in [0.3, 0.4) is 0 Å². The summed E-state index contributed by atoms with van der Waals surface area (Å²) in [5.74, 6) is -1.61. The summed E-state index contributed by atoms with van der Waals surface area (Å²) >= 11 is 5.59. The lowest BCUT2D eigenvalue weighted by molar-refractivity contribution is -0.152. The molecule has 0 spiro atoms. The van der Waals surface area contributed by atoms with Gasteiger partial charge in [-0.2, -0.15) is 0 Å². The van der Waals surface area contributed by atoms with Crippen LogP contribution in [0.5, 0.6) is 0 Å². The van der Waals surface area contributed by atoms with Gasteiger partial charge in [-0.3, -0.25) is 4.79 Å². The zero-order valence-corrected chi connectivity index (χ0v) is 9.97. The standard InChI is InChI=1S/C9H9ClN2O3.ClH/c1-2-15-9(14)8(13)12-7-5-3-4-6(10)11-7;/h3-5H,2H2,1H3,(H,11,12,13);1H. The second-order valence-corrected chi connectivity index (χ2v) is 2.91. The van der Waals surface area contributed by atoms with Crippen LogP contribution in [0.2, 0.25) is 5.15 Å². The molecule has 0 atom stereocenters. The van der Waals surface area contributed by atoms with Crippen LogP contribution in [0.1, 0.15) is 6.92 Å². The molecule has 0 radical (unpaired) electrons. The number of carbonyl (C=O) groups excluding carboxylic acids is 2. The minimum Gasteiger partial charge on any atom is -0.459 e. The van der Waals surface area contributed by atoms with E-state index < -0.39 is 11.9 Å². The number of carbonyl (C=O) groups is 2. The fourth-order valence-corrected chi connectivity index (χ4v) is 1.01. The molecule has 0 aliphatic rings. The molecule has 1 heterocycles. The smallest absolute Gasteiger partial charge is 0.397 e. The molecule has 0 aliphatic carbocycles. The summed E-state index contributed by atoms with van der Waals surface area (Å²) in [6, 6.07) is 4.68. The Labute approximate surface area is 104 Å². The number of esters is 1. The molecule has 16 heavy (non-hydrogen) atoms. The van der Waals surface area contributed by atoms with Gasteiger partial charge < -0.3 is 10.1 Å². The Balaban J connectivity index is 0.00000225. The molecule has 0 unspecified atom stereocenters. The van der Waals surface area contributed by atoms with Crippen molar-refractivity contribution in [3.05, 3.63) is 23.4 Å². The highest BCUT2D eigenvalue weighted by molar-refractivity contribution is 6.37. The second kappa shape index (κ2) is 7.03. The molecule has 0 saturated heterocycles. The molecule has 7 heteroatoms. The number of amides is 1. The summed E-state index contributed by atoms with van der Waals surface area (Å²) in [5.41, 5.74) is 0. The molecule has 0 fully saturated rings. The maximum absolute atomic E-state index is 11.1. The summed E-state index contributed by atoms with van der Waals surface area (Å²) in [6.45, 7) is 1.76. The Kier molecular flexibility index (Phi) is 6.44. The van der Waals surface area contributed by atoms with E-state index in [0.717, 1.165) is 0 Å². The molecule has 1 aromatic heterocycles. The Bertz CT molecular complexity index is 385. The Morgan fingerprint density at radius 1 is 1.50 bits per heavy atom. The van der Waals surface area contributed by atoms with Crippen LogP contribution in [0.4, 0.5) is 5.82 Å². The maximum atomic E-state index is 11.1. The number of hydrogen-bond donors (Lipinski definition) is 1. The van der Waals surface area contributed by atoms with E-state index in [2.05, 4.69) is 15.0 Å². The number of nitrogens with zero attached hydrogens (tertiary/aromatic N) is 1. The zero-order valence-electron chi connectivity index (χ0n) is 8.40. The van der Waals surface area contributed by atoms with Crippen molar-refractivity contribution in [2.45, 2.75) is 6.92 Å². The first-order valence-corrected chi connectivity index (χ1v) is 4.62. The first-order valence-electron chi connectivity index (χ1n) is 4.24. The van der Waals surface area contributed by atoms with Gasteiger partial charge in [-0.25, -0.2) is 9.78 Å². The highest BCUT2D eigenvalue weighted by Gasteiger charge is 2.14. The van der Waals surface area contributed by atoms with Gasteiger partial charge in [0.05, 0.1) is 6.61 Å². The highest BCUT2D eigenvalue weighted by Crippen LogP contribution is 2.08. The van der Waals surface area contributed by atoms with Gasteiger partial charge in [-0.15, -0.1) is 12.4 Å². The zero-order chi connectivity index (χ0) is 11.3. The summed E-state index contributed by atoms with van der Waals surface area (Å²) in [6.07, 6.45) is 0. The van der Waals surface area contributed by atoms with E-state index in [1.54, 1.807) is 19.1 Å². The first kappa shape index (κ1) is 14.7. The fourth-order valence-electron chi connectivity index (χ4n) is 0.842. The largest absolute Gasteiger partial charge is 0.459 e. The van der Waals surface area contributed by atoms with Crippen LogP contribution < -0.4 is 5.32 Å². The van der Waals surface area contributed by atoms with Crippen molar-refractivity contribution in [1.82, 2.24) is 4.98 Å². The molecule has 5 nitrogen and oxygen atoms in total. The number of halogens is 2. The quantitative estimate of drug-likeness (QED) is 0.501. The van der Waals surface area contributed by atoms with Gasteiger partial charge in [0.25, 0.3) is 0 Å². The van der Waals surface area contributed by atoms with Crippen LogP contribution in [-0.4, -0.2) is 23.5 Å². The van der Waals surface area contributed by atoms with Crippen LogP contribution in [-0.2, 0) is 14.3 Å². The van der Waals surface area contributed by atoms with Crippen LogP contribution in [0.15, 0.2) is 18.2 Å². The number of rotatable bonds is 2. The number of pyridine rings is 1. The Morgan fingerprint density at radius 3 is 2.75 bits per heavy atom. The van der Waals surface area contributed by atoms with Crippen molar-refractivity contribution in [2.24, 2.45) is 0 Å². The summed E-state index contributed by atoms with van der Waals surface area (Å²) < 4.78 is 4.49. The molecule has 0 bridgehead atoms. The number of nitrogens with one attached hydrogen (secondary N) is 1.